The molecule has 2 aliphatic heterocycles. The lowest BCUT2D eigenvalue weighted by atomic mass is 10.1. The maximum absolute atomic E-state index is 12.6. The maximum atomic E-state index is 12.6. The number of amides is 1. The lowest BCUT2D eigenvalue weighted by molar-refractivity contribution is -0.486. The first-order valence-electron chi connectivity index (χ1n) is 8.71. The topological polar surface area (TPSA) is 97.5 Å². The SMILES string of the molecule is CCc1ccccc1OC(=O)N1CCN(CC2CCOC2)C1=N[N+](=O)[O-]. The molecule has 0 aromatic heterocycles. The zero-order valence-electron chi connectivity index (χ0n) is 14.7. The monoisotopic (exact) mass is 362 g/mol. The highest BCUT2D eigenvalue weighted by atomic mass is 16.7. The highest BCUT2D eigenvalue weighted by Crippen LogP contribution is 2.22. The summed E-state index contributed by atoms with van der Waals surface area (Å²) in [5.74, 6) is 0.771. The highest BCUT2D eigenvalue weighted by Gasteiger charge is 2.37. The van der Waals surface area contributed by atoms with Crippen LogP contribution in [0.4, 0.5) is 4.79 Å². The number of hydrazone groups is 1. The summed E-state index contributed by atoms with van der Waals surface area (Å²) in [6, 6.07) is 7.25. The molecule has 2 fully saturated rings. The second-order valence-electron chi connectivity index (χ2n) is 6.29. The molecule has 0 bridgehead atoms. The van der Waals surface area contributed by atoms with Crippen LogP contribution in [0.2, 0.25) is 0 Å². The van der Waals surface area contributed by atoms with Crippen LogP contribution in [0, 0.1) is 16.0 Å². The van der Waals surface area contributed by atoms with Crippen LogP contribution < -0.4 is 4.74 Å². The van der Waals surface area contributed by atoms with Gasteiger partial charge in [-0.15, -0.1) is 0 Å². The number of rotatable bonds is 5. The average molecular weight is 362 g/mol. The molecule has 9 nitrogen and oxygen atoms in total. The van der Waals surface area contributed by atoms with Crippen LogP contribution in [0.3, 0.4) is 0 Å². The third-order valence-electron chi connectivity index (χ3n) is 4.56. The molecule has 1 amide bonds. The van der Waals surface area contributed by atoms with Crippen molar-refractivity contribution in [2.24, 2.45) is 11.0 Å². The summed E-state index contributed by atoms with van der Waals surface area (Å²) in [7, 11) is 0. The van der Waals surface area contributed by atoms with E-state index in [-0.39, 0.29) is 11.9 Å². The van der Waals surface area contributed by atoms with Gasteiger partial charge >= 0.3 is 6.09 Å². The van der Waals surface area contributed by atoms with Crippen molar-refractivity contribution in [2.45, 2.75) is 19.8 Å². The maximum Gasteiger partial charge on any atom is 0.422 e. The van der Waals surface area contributed by atoms with Crippen molar-refractivity contribution in [3.63, 3.8) is 0 Å². The summed E-state index contributed by atoms with van der Waals surface area (Å²) >= 11 is 0. The van der Waals surface area contributed by atoms with Crippen molar-refractivity contribution >= 4 is 12.1 Å². The lowest BCUT2D eigenvalue weighted by Crippen LogP contribution is -2.41. The van der Waals surface area contributed by atoms with Crippen LogP contribution >= 0.6 is 0 Å². The van der Waals surface area contributed by atoms with E-state index in [0.717, 1.165) is 12.0 Å². The first-order valence-corrected chi connectivity index (χ1v) is 8.71. The number of nitrogens with zero attached hydrogens (tertiary/aromatic N) is 4. The van der Waals surface area contributed by atoms with E-state index in [4.69, 9.17) is 9.47 Å². The minimum atomic E-state index is -0.779. The molecule has 3 rings (SSSR count). The van der Waals surface area contributed by atoms with Crippen LogP contribution in [-0.2, 0) is 11.2 Å². The van der Waals surface area contributed by atoms with Crippen LogP contribution in [-0.4, -0.2) is 59.7 Å². The second kappa shape index (κ2) is 8.13. The van der Waals surface area contributed by atoms with Gasteiger partial charge in [0.1, 0.15) is 10.9 Å². The number of ether oxygens (including phenoxy) is 2. The Morgan fingerprint density at radius 3 is 2.92 bits per heavy atom. The molecule has 2 aliphatic rings. The fourth-order valence-corrected chi connectivity index (χ4v) is 3.21. The van der Waals surface area contributed by atoms with E-state index in [1.807, 2.05) is 19.1 Å². The van der Waals surface area contributed by atoms with E-state index in [2.05, 4.69) is 5.10 Å². The Kier molecular flexibility index (Phi) is 5.67. The second-order valence-corrected chi connectivity index (χ2v) is 6.29. The lowest BCUT2D eigenvalue weighted by Gasteiger charge is -2.21. The molecule has 0 saturated carbocycles. The minimum absolute atomic E-state index is 0.0286. The van der Waals surface area contributed by atoms with E-state index in [0.29, 0.717) is 45.0 Å². The molecule has 1 unspecified atom stereocenters. The third-order valence-corrected chi connectivity index (χ3v) is 4.56. The number of benzene rings is 1. The van der Waals surface area contributed by atoms with E-state index in [1.54, 1.807) is 17.0 Å². The Morgan fingerprint density at radius 1 is 1.42 bits per heavy atom. The quantitative estimate of drug-likeness (QED) is 0.587. The summed E-state index contributed by atoms with van der Waals surface area (Å²) in [6.45, 7) is 4.63. The predicted molar refractivity (Wildman–Crippen MR) is 93.5 cm³/mol. The number of para-hydroxylation sites is 1. The fraction of sp³-hybridized carbons (Fsp3) is 0.529. The summed E-state index contributed by atoms with van der Waals surface area (Å²) < 4.78 is 10.8. The van der Waals surface area contributed by atoms with Gasteiger partial charge < -0.3 is 14.4 Å². The van der Waals surface area contributed by atoms with Gasteiger partial charge in [0.05, 0.1) is 13.2 Å². The third kappa shape index (κ3) is 4.10. The van der Waals surface area contributed by atoms with Gasteiger partial charge in [0, 0.05) is 25.6 Å². The van der Waals surface area contributed by atoms with Gasteiger partial charge in [-0.3, -0.25) is 0 Å². The molecule has 2 saturated heterocycles. The van der Waals surface area contributed by atoms with Gasteiger partial charge in [0.2, 0.25) is 0 Å². The number of carbonyl (C=O) groups excluding carboxylic acids is 1. The highest BCUT2D eigenvalue weighted by molar-refractivity contribution is 5.96. The number of hydrogen-bond donors (Lipinski definition) is 0. The van der Waals surface area contributed by atoms with Gasteiger partial charge in [0.15, 0.2) is 5.03 Å². The number of carbonyl (C=O) groups is 1. The first-order chi connectivity index (χ1) is 12.6. The van der Waals surface area contributed by atoms with E-state index in [1.165, 1.54) is 4.90 Å². The summed E-state index contributed by atoms with van der Waals surface area (Å²) in [5.41, 5.74) is 0.896. The van der Waals surface area contributed by atoms with Gasteiger partial charge in [0.25, 0.3) is 5.96 Å². The zero-order valence-corrected chi connectivity index (χ0v) is 14.7. The van der Waals surface area contributed by atoms with Gasteiger partial charge in [-0.25, -0.2) is 19.8 Å². The number of nitro groups is 1. The summed E-state index contributed by atoms with van der Waals surface area (Å²) in [4.78, 5) is 26.5. The van der Waals surface area contributed by atoms with Crippen molar-refractivity contribution in [3.8, 4) is 5.75 Å². The molecular formula is C17H22N4O5. The van der Waals surface area contributed by atoms with Crippen molar-refractivity contribution in [2.75, 3.05) is 32.8 Å². The van der Waals surface area contributed by atoms with Gasteiger partial charge in [-0.05, 0) is 24.5 Å². The molecule has 2 heterocycles. The molecule has 9 heteroatoms. The van der Waals surface area contributed by atoms with Crippen molar-refractivity contribution in [1.29, 1.82) is 0 Å². The molecular weight excluding hydrogens is 340 g/mol. The van der Waals surface area contributed by atoms with E-state index < -0.39 is 11.1 Å². The minimum Gasteiger partial charge on any atom is -0.410 e. The molecule has 1 atom stereocenters. The predicted octanol–water partition coefficient (Wildman–Crippen LogP) is 1.95. The zero-order chi connectivity index (χ0) is 18.5. The first kappa shape index (κ1) is 18.1. The normalized spacial score (nSPS) is 21.4. The van der Waals surface area contributed by atoms with Crippen LogP contribution in [0.5, 0.6) is 5.75 Å². The standard InChI is InChI=1S/C17H22N4O5/c1-2-14-5-3-4-6-15(14)26-17(22)20-9-8-19(16(20)18-21(23)24)11-13-7-10-25-12-13/h3-6,13H,2,7-12H2,1H3. The van der Waals surface area contributed by atoms with Gasteiger partial charge in [-0.2, -0.15) is 0 Å². The summed E-state index contributed by atoms with van der Waals surface area (Å²) in [6.07, 6.45) is 0.959. The largest absolute Gasteiger partial charge is 0.422 e. The molecule has 0 aliphatic carbocycles. The van der Waals surface area contributed by atoms with E-state index >= 15 is 0 Å². The Hall–Kier alpha value is -2.68. The molecule has 0 radical (unpaired) electrons. The van der Waals surface area contributed by atoms with Crippen LogP contribution in [0.15, 0.2) is 29.4 Å². The Balaban J connectivity index is 1.74. The molecule has 140 valence electrons. The summed E-state index contributed by atoms with van der Waals surface area (Å²) in [5, 5.41) is 13.6. The fourth-order valence-electron chi connectivity index (χ4n) is 3.21. The van der Waals surface area contributed by atoms with Crippen molar-refractivity contribution in [3.05, 3.63) is 39.9 Å². The number of hydrogen-bond acceptors (Lipinski definition) is 5. The molecule has 0 spiro atoms. The Bertz CT molecular complexity index is 702. The number of aryl methyl sites for hydroxylation is 1. The average Bonchev–Trinajstić information content (AvgIpc) is 3.26. The van der Waals surface area contributed by atoms with Crippen LogP contribution in [0.25, 0.3) is 0 Å². The Labute approximate surface area is 151 Å². The van der Waals surface area contributed by atoms with Gasteiger partial charge in [-0.1, -0.05) is 25.1 Å². The molecule has 1 aromatic carbocycles. The molecule has 0 N–H and O–H groups in total. The molecule has 26 heavy (non-hydrogen) atoms. The van der Waals surface area contributed by atoms with Crippen LogP contribution in [0.1, 0.15) is 18.9 Å². The Morgan fingerprint density at radius 2 is 2.23 bits per heavy atom. The van der Waals surface area contributed by atoms with Crippen molar-refractivity contribution in [1.82, 2.24) is 9.80 Å². The van der Waals surface area contributed by atoms with Crippen molar-refractivity contribution < 1.29 is 19.3 Å². The molecule has 1 aromatic rings. The smallest absolute Gasteiger partial charge is 0.410 e. The van der Waals surface area contributed by atoms with E-state index in [9.17, 15) is 14.9 Å². The number of guanidine groups is 1.